The van der Waals surface area contributed by atoms with Crippen LogP contribution in [0, 0.1) is 0 Å². The van der Waals surface area contributed by atoms with Crippen LogP contribution in [0.5, 0.6) is 0 Å². The summed E-state index contributed by atoms with van der Waals surface area (Å²) in [5.41, 5.74) is 1.46. The molecule has 2 heterocycles. The van der Waals surface area contributed by atoms with Crippen molar-refractivity contribution in [1.82, 2.24) is 14.8 Å². The van der Waals surface area contributed by atoms with Gasteiger partial charge in [0.2, 0.25) is 5.91 Å². The van der Waals surface area contributed by atoms with Crippen LogP contribution in [-0.4, -0.2) is 52.9 Å². The quantitative estimate of drug-likeness (QED) is 0.904. The van der Waals surface area contributed by atoms with Crippen molar-refractivity contribution in [2.45, 2.75) is 51.0 Å². The van der Waals surface area contributed by atoms with Gasteiger partial charge in [-0.15, -0.1) is 0 Å². The van der Waals surface area contributed by atoms with Gasteiger partial charge in [0.1, 0.15) is 0 Å². The molecule has 0 unspecified atom stereocenters. The molecule has 0 atom stereocenters. The van der Waals surface area contributed by atoms with E-state index in [1.54, 1.807) is 0 Å². The monoisotopic (exact) mass is 367 g/mol. The number of aromatic nitrogens is 1. The fourth-order valence-electron chi connectivity index (χ4n) is 4.56. The van der Waals surface area contributed by atoms with E-state index < -0.39 is 0 Å². The lowest BCUT2D eigenvalue weighted by atomic mass is 9.94. The van der Waals surface area contributed by atoms with Crippen LogP contribution in [0.2, 0.25) is 0 Å². The van der Waals surface area contributed by atoms with E-state index in [1.165, 1.54) is 32.1 Å². The van der Waals surface area contributed by atoms with Crippen molar-refractivity contribution in [1.29, 1.82) is 0 Å². The van der Waals surface area contributed by atoms with Gasteiger partial charge in [-0.3, -0.25) is 14.5 Å². The standard InChI is InChI=1S/C22H29N3O2/c26-21(25-14-12-24(13-15-25)19-7-2-1-3-8-19)11-10-18-16-17-6-4-5-9-20(17)23-22(18)27/h4-6,9,16,19H,1-3,7-8,10-15H2,(H,23,27). The van der Waals surface area contributed by atoms with Crippen molar-refractivity contribution < 1.29 is 4.79 Å². The average Bonchev–Trinajstić information content (AvgIpc) is 2.73. The minimum atomic E-state index is -0.0800. The van der Waals surface area contributed by atoms with E-state index in [-0.39, 0.29) is 11.5 Å². The Kier molecular flexibility index (Phi) is 5.58. The highest BCUT2D eigenvalue weighted by Gasteiger charge is 2.26. The van der Waals surface area contributed by atoms with Gasteiger partial charge in [-0.2, -0.15) is 0 Å². The van der Waals surface area contributed by atoms with Crippen LogP contribution in [0.1, 0.15) is 44.1 Å². The SMILES string of the molecule is O=C(CCc1cc2ccccc2[nH]c1=O)N1CCN(C2CCCCC2)CC1. The lowest BCUT2D eigenvalue weighted by Gasteiger charge is -2.40. The Hall–Kier alpha value is -2.14. The van der Waals surface area contributed by atoms with E-state index >= 15 is 0 Å². The van der Waals surface area contributed by atoms with Crippen LogP contribution in [0.25, 0.3) is 10.9 Å². The van der Waals surface area contributed by atoms with E-state index in [9.17, 15) is 9.59 Å². The predicted octanol–water partition coefficient (Wildman–Crippen LogP) is 2.94. The summed E-state index contributed by atoms with van der Waals surface area (Å²) in [7, 11) is 0. The van der Waals surface area contributed by atoms with Gasteiger partial charge in [0.25, 0.3) is 5.56 Å². The molecule has 1 aromatic heterocycles. The molecule has 0 radical (unpaired) electrons. The van der Waals surface area contributed by atoms with Gasteiger partial charge in [0.05, 0.1) is 0 Å². The minimum Gasteiger partial charge on any atom is -0.340 e. The van der Waals surface area contributed by atoms with Gasteiger partial charge < -0.3 is 9.88 Å². The molecule has 0 bridgehead atoms. The molecule has 1 aromatic carbocycles. The summed E-state index contributed by atoms with van der Waals surface area (Å²) in [5.74, 6) is 0.172. The number of nitrogens with zero attached hydrogens (tertiary/aromatic N) is 2. The number of carbonyl (C=O) groups excluding carboxylic acids is 1. The highest BCUT2D eigenvalue weighted by Crippen LogP contribution is 2.23. The molecular formula is C22H29N3O2. The molecule has 1 aliphatic carbocycles. The Morgan fingerprint density at radius 2 is 1.78 bits per heavy atom. The maximum atomic E-state index is 12.6. The summed E-state index contributed by atoms with van der Waals surface area (Å²) in [4.78, 5) is 32.4. The number of H-pyrrole nitrogens is 1. The zero-order valence-electron chi connectivity index (χ0n) is 16.0. The van der Waals surface area contributed by atoms with Crippen LogP contribution in [0.3, 0.4) is 0 Å². The van der Waals surface area contributed by atoms with Gasteiger partial charge in [0.15, 0.2) is 0 Å². The second kappa shape index (κ2) is 8.26. The second-order valence-corrected chi connectivity index (χ2v) is 7.92. The lowest BCUT2D eigenvalue weighted by Crippen LogP contribution is -2.52. The number of fused-ring (bicyclic) bond motifs is 1. The van der Waals surface area contributed by atoms with Crippen LogP contribution >= 0.6 is 0 Å². The summed E-state index contributed by atoms with van der Waals surface area (Å²) in [5, 5.41) is 1.01. The Morgan fingerprint density at radius 3 is 2.56 bits per heavy atom. The first-order valence-corrected chi connectivity index (χ1v) is 10.3. The largest absolute Gasteiger partial charge is 0.340 e. The second-order valence-electron chi connectivity index (χ2n) is 7.92. The van der Waals surface area contributed by atoms with E-state index in [0.29, 0.717) is 18.4 Å². The molecule has 5 heteroatoms. The number of aromatic amines is 1. The summed E-state index contributed by atoms with van der Waals surface area (Å²) in [6.45, 7) is 3.63. The Morgan fingerprint density at radius 1 is 1.04 bits per heavy atom. The molecule has 5 nitrogen and oxygen atoms in total. The van der Waals surface area contributed by atoms with Crippen LogP contribution in [0.4, 0.5) is 0 Å². The summed E-state index contributed by atoms with van der Waals surface area (Å²) in [6.07, 6.45) is 7.63. The number of piperazine rings is 1. The Balaban J connectivity index is 1.31. The number of rotatable bonds is 4. The first-order valence-electron chi connectivity index (χ1n) is 10.3. The number of para-hydroxylation sites is 1. The molecular weight excluding hydrogens is 338 g/mol. The molecule has 1 aliphatic heterocycles. The third-order valence-corrected chi connectivity index (χ3v) is 6.20. The van der Waals surface area contributed by atoms with E-state index in [4.69, 9.17) is 0 Å². The van der Waals surface area contributed by atoms with Crippen molar-refractivity contribution in [2.75, 3.05) is 26.2 Å². The Labute approximate surface area is 160 Å². The summed E-state index contributed by atoms with van der Waals surface area (Å²) in [6, 6.07) is 10.4. The topological polar surface area (TPSA) is 56.4 Å². The van der Waals surface area contributed by atoms with Gasteiger partial charge in [-0.1, -0.05) is 37.5 Å². The summed E-state index contributed by atoms with van der Waals surface area (Å²) < 4.78 is 0. The fourth-order valence-corrected chi connectivity index (χ4v) is 4.56. The molecule has 1 saturated carbocycles. The molecule has 1 amide bonds. The molecule has 0 spiro atoms. The van der Waals surface area contributed by atoms with Gasteiger partial charge in [-0.25, -0.2) is 0 Å². The van der Waals surface area contributed by atoms with Crippen LogP contribution in [0.15, 0.2) is 35.1 Å². The fraction of sp³-hybridized carbons (Fsp3) is 0.545. The van der Waals surface area contributed by atoms with Gasteiger partial charge >= 0.3 is 0 Å². The number of carbonyl (C=O) groups is 1. The molecule has 1 saturated heterocycles. The van der Waals surface area contributed by atoms with Gasteiger partial charge in [0, 0.05) is 49.7 Å². The smallest absolute Gasteiger partial charge is 0.251 e. The number of hydrogen-bond acceptors (Lipinski definition) is 3. The van der Waals surface area contributed by atoms with E-state index in [0.717, 1.165) is 43.1 Å². The molecule has 4 rings (SSSR count). The number of benzene rings is 1. The number of aryl methyl sites for hydroxylation is 1. The highest BCUT2D eigenvalue weighted by molar-refractivity contribution is 5.79. The van der Waals surface area contributed by atoms with Crippen molar-refractivity contribution >= 4 is 16.8 Å². The molecule has 2 aromatic rings. The minimum absolute atomic E-state index is 0.0800. The van der Waals surface area contributed by atoms with Crippen molar-refractivity contribution in [3.8, 4) is 0 Å². The van der Waals surface area contributed by atoms with Crippen molar-refractivity contribution in [3.05, 3.63) is 46.2 Å². The van der Waals surface area contributed by atoms with E-state index in [2.05, 4.69) is 9.88 Å². The zero-order valence-corrected chi connectivity index (χ0v) is 16.0. The zero-order chi connectivity index (χ0) is 18.6. The molecule has 27 heavy (non-hydrogen) atoms. The van der Waals surface area contributed by atoms with Crippen LogP contribution in [-0.2, 0) is 11.2 Å². The molecule has 2 fully saturated rings. The predicted molar refractivity (Wildman–Crippen MR) is 108 cm³/mol. The average molecular weight is 367 g/mol. The lowest BCUT2D eigenvalue weighted by molar-refractivity contribution is -0.133. The molecule has 1 N–H and O–H groups in total. The maximum Gasteiger partial charge on any atom is 0.251 e. The highest BCUT2D eigenvalue weighted by atomic mass is 16.2. The van der Waals surface area contributed by atoms with Crippen molar-refractivity contribution in [2.24, 2.45) is 0 Å². The number of nitrogens with one attached hydrogen (secondary N) is 1. The Bertz CT molecular complexity index is 846. The third kappa shape index (κ3) is 4.24. The molecule has 144 valence electrons. The third-order valence-electron chi connectivity index (χ3n) is 6.20. The number of pyridine rings is 1. The van der Waals surface area contributed by atoms with E-state index in [1.807, 2.05) is 35.2 Å². The molecule has 2 aliphatic rings. The first-order chi connectivity index (χ1) is 13.2. The summed E-state index contributed by atoms with van der Waals surface area (Å²) >= 11 is 0. The van der Waals surface area contributed by atoms with Gasteiger partial charge in [-0.05, 0) is 36.8 Å². The number of amides is 1. The maximum absolute atomic E-state index is 12.6. The normalized spacial score (nSPS) is 19.5. The number of hydrogen-bond donors (Lipinski definition) is 1. The first kappa shape index (κ1) is 18.2. The van der Waals surface area contributed by atoms with Crippen molar-refractivity contribution in [3.63, 3.8) is 0 Å². The van der Waals surface area contributed by atoms with Crippen LogP contribution < -0.4 is 5.56 Å².